The Hall–Kier alpha value is -0.0800. The van der Waals surface area contributed by atoms with E-state index in [1.807, 2.05) is 0 Å². The summed E-state index contributed by atoms with van der Waals surface area (Å²) in [5.74, 6) is 0.981. The first kappa shape index (κ1) is 10.4. The maximum atomic E-state index is 3.74. The summed E-state index contributed by atoms with van der Waals surface area (Å²) in [7, 11) is 2.22. The molecule has 82 valence electrons. The molecule has 2 fully saturated rings. The molecule has 2 nitrogen and oxygen atoms in total. The van der Waals surface area contributed by atoms with Crippen molar-refractivity contribution in [2.75, 3.05) is 26.7 Å². The normalized spacial score (nSPS) is 31.1. The molecule has 2 rings (SSSR count). The smallest absolute Gasteiger partial charge is 0.0207 e. The van der Waals surface area contributed by atoms with Gasteiger partial charge in [0.25, 0.3) is 0 Å². The minimum Gasteiger partial charge on any atom is -0.312 e. The van der Waals surface area contributed by atoms with Crippen LogP contribution in [0.4, 0.5) is 0 Å². The fourth-order valence-corrected chi connectivity index (χ4v) is 2.83. The van der Waals surface area contributed by atoms with E-state index in [9.17, 15) is 0 Å². The van der Waals surface area contributed by atoms with Crippen LogP contribution < -0.4 is 5.32 Å². The number of nitrogens with one attached hydrogen (secondary N) is 1. The third kappa shape index (κ3) is 2.96. The summed E-state index contributed by atoms with van der Waals surface area (Å²) in [5.41, 5.74) is 0. The summed E-state index contributed by atoms with van der Waals surface area (Å²) >= 11 is 0. The number of rotatable bonds is 3. The van der Waals surface area contributed by atoms with E-state index in [1.165, 1.54) is 58.2 Å². The maximum Gasteiger partial charge on any atom is 0.0207 e. The lowest BCUT2D eigenvalue weighted by Crippen LogP contribution is -2.35. The first-order valence-corrected chi connectivity index (χ1v) is 6.26. The molecule has 1 aliphatic carbocycles. The Morgan fingerprint density at radius 1 is 1.14 bits per heavy atom. The number of nitrogens with zero attached hydrogens (tertiary/aromatic N) is 1. The maximum absolute atomic E-state index is 3.74. The Bertz CT molecular complexity index is 159. The first-order valence-electron chi connectivity index (χ1n) is 6.26. The lowest BCUT2D eigenvalue weighted by Gasteiger charge is -2.23. The van der Waals surface area contributed by atoms with Gasteiger partial charge < -0.3 is 10.2 Å². The van der Waals surface area contributed by atoms with E-state index in [4.69, 9.17) is 0 Å². The van der Waals surface area contributed by atoms with Gasteiger partial charge in [-0.2, -0.15) is 0 Å². The highest BCUT2D eigenvalue weighted by atomic mass is 15.2. The molecule has 0 radical (unpaired) electrons. The van der Waals surface area contributed by atoms with Crippen molar-refractivity contribution < 1.29 is 0 Å². The Morgan fingerprint density at radius 3 is 2.57 bits per heavy atom. The molecule has 2 heteroatoms. The second kappa shape index (κ2) is 5.13. The van der Waals surface area contributed by atoms with E-state index in [-0.39, 0.29) is 0 Å². The molecule has 1 saturated carbocycles. The average molecular weight is 196 g/mol. The van der Waals surface area contributed by atoms with Crippen LogP contribution in [0.25, 0.3) is 0 Å². The molecular weight excluding hydrogens is 172 g/mol. The van der Waals surface area contributed by atoms with E-state index in [2.05, 4.69) is 17.3 Å². The molecule has 1 aliphatic heterocycles. The second-order valence-electron chi connectivity index (χ2n) is 5.16. The van der Waals surface area contributed by atoms with Crippen LogP contribution in [0, 0.1) is 5.92 Å². The molecular formula is C12H24N2. The third-order valence-corrected chi connectivity index (χ3v) is 3.81. The van der Waals surface area contributed by atoms with E-state index in [0.717, 1.165) is 12.0 Å². The van der Waals surface area contributed by atoms with Gasteiger partial charge in [0.2, 0.25) is 0 Å². The first-order chi connectivity index (χ1) is 6.84. The quantitative estimate of drug-likeness (QED) is 0.741. The number of hydrogen-bond donors (Lipinski definition) is 1. The molecule has 0 amide bonds. The van der Waals surface area contributed by atoms with Crippen LogP contribution in [0.3, 0.4) is 0 Å². The number of likely N-dealkylation sites (N-methyl/N-ethyl adjacent to an activating group) is 1. The fourth-order valence-electron chi connectivity index (χ4n) is 2.83. The molecule has 1 saturated heterocycles. The van der Waals surface area contributed by atoms with Crippen LogP contribution in [0.5, 0.6) is 0 Å². The fraction of sp³-hybridized carbons (Fsp3) is 1.00. The Morgan fingerprint density at radius 2 is 1.93 bits per heavy atom. The molecule has 0 bridgehead atoms. The van der Waals surface area contributed by atoms with Gasteiger partial charge >= 0.3 is 0 Å². The molecule has 1 heterocycles. The molecule has 0 aromatic heterocycles. The van der Waals surface area contributed by atoms with Crippen molar-refractivity contribution in [2.45, 2.75) is 44.6 Å². The van der Waals surface area contributed by atoms with Crippen molar-refractivity contribution in [2.24, 2.45) is 5.92 Å². The topological polar surface area (TPSA) is 15.3 Å². The van der Waals surface area contributed by atoms with Crippen LogP contribution in [-0.2, 0) is 0 Å². The lowest BCUT2D eigenvalue weighted by atomic mass is 9.89. The zero-order valence-corrected chi connectivity index (χ0v) is 9.47. The summed E-state index contributed by atoms with van der Waals surface area (Å²) in [4.78, 5) is 2.43. The van der Waals surface area contributed by atoms with Crippen LogP contribution in [0.1, 0.15) is 38.5 Å². The van der Waals surface area contributed by atoms with Crippen molar-refractivity contribution in [1.82, 2.24) is 10.2 Å². The van der Waals surface area contributed by atoms with Crippen LogP contribution in [0.2, 0.25) is 0 Å². The van der Waals surface area contributed by atoms with Gasteiger partial charge in [-0.25, -0.2) is 0 Å². The van der Waals surface area contributed by atoms with Crippen LogP contribution >= 0.6 is 0 Å². The molecule has 1 atom stereocenters. The summed E-state index contributed by atoms with van der Waals surface area (Å²) in [6, 6.07) is 0.780. The predicted molar refractivity (Wildman–Crippen MR) is 60.5 cm³/mol. The zero-order chi connectivity index (χ0) is 9.80. The predicted octanol–water partition coefficient (Wildman–Crippen LogP) is 1.86. The highest BCUT2D eigenvalue weighted by Gasteiger charge is 2.20. The molecule has 1 N–H and O–H groups in total. The van der Waals surface area contributed by atoms with Crippen LogP contribution in [0.15, 0.2) is 0 Å². The minimum atomic E-state index is 0.780. The highest BCUT2D eigenvalue weighted by Crippen LogP contribution is 2.23. The summed E-state index contributed by atoms with van der Waals surface area (Å²) in [5, 5.41) is 3.74. The minimum absolute atomic E-state index is 0.780. The van der Waals surface area contributed by atoms with Gasteiger partial charge in [0.15, 0.2) is 0 Å². The monoisotopic (exact) mass is 196 g/mol. The number of likely N-dealkylation sites (tertiary alicyclic amines) is 1. The highest BCUT2D eigenvalue weighted by molar-refractivity contribution is 4.80. The third-order valence-electron chi connectivity index (χ3n) is 3.81. The summed E-state index contributed by atoms with van der Waals surface area (Å²) in [6.45, 7) is 3.81. The van der Waals surface area contributed by atoms with Gasteiger partial charge in [0, 0.05) is 12.6 Å². The Kier molecular flexibility index (Phi) is 3.82. The molecule has 2 aliphatic rings. The SMILES string of the molecule is CN1CC[C@H](NCC2CCCCC2)C1. The van der Waals surface area contributed by atoms with Gasteiger partial charge in [-0.05, 0) is 45.3 Å². The van der Waals surface area contributed by atoms with Gasteiger partial charge in [0.1, 0.15) is 0 Å². The molecule has 14 heavy (non-hydrogen) atoms. The van der Waals surface area contributed by atoms with Crippen LogP contribution in [-0.4, -0.2) is 37.6 Å². The Balaban J connectivity index is 1.61. The van der Waals surface area contributed by atoms with E-state index in [1.54, 1.807) is 0 Å². The largest absolute Gasteiger partial charge is 0.312 e. The molecule has 0 unspecified atom stereocenters. The standard InChI is InChI=1S/C12H24N2/c1-14-8-7-12(10-14)13-9-11-5-3-2-4-6-11/h11-13H,2-10H2,1H3/t12-/m0/s1. The van der Waals surface area contributed by atoms with Crippen molar-refractivity contribution in [3.8, 4) is 0 Å². The van der Waals surface area contributed by atoms with Gasteiger partial charge in [-0.1, -0.05) is 19.3 Å². The molecule has 0 aromatic rings. The average Bonchev–Trinajstić information content (AvgIpc) is 2.63. The number of hydrogen-bond acceptors (Lipinski definition) is 2. The van der Waals surface area contributed by atoms with Crippen molar-refractivity contribution in [3.05, 3.63) is 0 Å². The van der Waals surface area contributed by atoms with Gasteiger partial charge in [-0.15, -0.1) is 0 Å². The zero-order valence-electron chi connectivity index (χ0n) is 9.47. The van der Waals surface area contributed by atoms with Gasteiger partial charge in [0.05, 0.1) is 0 Å². The lowest BCUT2D eigenvalue weighted by molar-refractivity contribution is 0.323. The Labute approximate surface area is 88.1 Å². The van der Waals surface area contributed by atoms with Crippen molar-refractivity contribution in [3.63, 3.8) is 0 Å². The van der Waals surface area contributed by atoms with Crippen molar-refractivity contribution in [1.29, 1.82) is 0 Å². The molecule has 0 spiro atoms. The summed E-state index contributed by atoms with van der Waals surface area (Å²) < 4.78 is 0. The molecule has 0 aromatic carbocycles. The van der Waals surface area contributed by atoms with Gasteiger partial charge in [-0.3, -0.25) is 0 Å². The van der Waals surface area contributed by atoms with E-state index in [0.29, 0.717) is 0 Å². The summed E-state index contributed by atoms with van der Waals surface area (Å²) in [6.07, 6.45) is 8.70. The van der Waals surface area contributed by atoms with Crippen molar-refractivity contribution >= 4 is 0 Å². The van der Waals surface area contributed by atoms with E-state index < -0.39 is 0 Å². The van der Waals surface area contributed by atoms with E-state index >= 15 is 0 Å². The second-order valence-corrected chi connectivity index (χ2v) is 5.16.